The third kappa shape index (κ3) is 5.08. The van der Waals surface area contributed by atoms with Crippen LogP contribution in [0.4, 0.5) is 0 Å². The Bertz CT molecular complexity index is 654. The number of hydrogen-bond acceptors (Lipinski definition) is 4. The molecule has 0 fully saturated rings. The lowest BCUT2D eigenvalue weighted by molar-refractivity contribution is 0.0947. The average molecular weight is 343 g/mol. The highest BCUT2D eigenvalue weighted by molar-refractivity contribution is 7.98. The smallest absolute Gasteiger partial charge is 0.254 e. The summed E-state index contributed by atoms with van der Waals surface area (Å²) in [5.41, 5.74) is 3.02. The second kappa shape index (κ2) is 9.45. The molecule has 0 spiro atoms. The van der Waals surface area contributed by atoms with E-state index in [-0.39, 0.29) is 5.91 Å². The number of rotatable bonds is 8. The van der Waals surface area contributed by atoms with Crippen LogP contribution in [0.25, 0.3) is 0 Å². The molecular formula is C19H25N3OS. The Hall–Kier alpha value is -1.85. The predicted molar refractivity (Wildman–Crippen MR) is 100 cm³/mol. The summed E-state index contributed by atoms with van der Waals surface area (Å²) in [6.45, 7) is 7.94. The number of carbonyl (C=O) groups is 1. The van der Waals surface area contributed by atoms with Crippen LogP contribution < -0.4 is 5.32 Å². The first-order valence-electron chi connectivity index (χ1n) is 8.25. The van der Waals surface area contributed by atoms with E-state index in [0.717, 1.165) is 30.2 Å². The van der Waals surface area contributed by atoms with Crippen LogP contribution in [0.2, 0.25) is 0 Å². The zero-order valence-corrected chi connectivity index (χ0v) is 15.4. The summed E-state index contributed by atoms with van der Waals surface area (Å²) in [5.74, 6) is -0.0836. The number of pyridine rings is 1. The van der Waals surface area contributed by atoms with Crippen molar-refractivity contribution >= 4 is 17.7 Å². The van der Waals surface area contributed by atoms with Crippen molar-refractivity contribution in [2.24, 2.45) is 0 Å². The molecule has 0 saturated carbocycles. The van der Waals surface area contributed by atoms with Crippen molar-refractivity contribution in [3.8, 4) is 0 Å². The van der Waals surface area contributed by atoms with Crippen molar-refractivity contribution in [2.75, 3.05) is 19.3 Å². The molecule has 1 amide bonds. The molecule has 2 rings (SSSR count). The summed E-state index contributed by atoms with van der Waals surface area (Å²) in [4.78, 5) is 18.9. The minimum atomic E-state index is -0.0836. The Morgan fingerprint density at radius 1 is 1.12 bits per heavy atom. The van der Waals surface area contributed by atoms with Crippen LogP contribution in [0.1, 0.15) is 35.3 Å². The van der Waals surface area contributed by atoms with Crippen LogP contribution in [0, 0.1) is 0 Å². The van der Waals surface area contributed by atoms with Crippen molar-refractivity contribution in [2.45, 2.75) is 32.0 Å². The second-order valence-electron chi connectivity index (χ2n) is 5.52. The predicted octanol–water partition coefficient (Wildman–Crippen LogP) is 3.58. The minimum absolute atomic E-state index is 0.0836. The number of amides is 1. The molecule has 0 bridgehead atoms. The van der Waals surface area contributed by atoms with Gasteiger partial charge >= 0.3 is 0 Å². The highest BCUT2D eigenvalue weighted by Crippen LogP contribution is 2.16. The molecule has 2 aromatic rings. The van der Waals surface area contributed by atoms with Crippen molar-refractivity contribution in [1.82, 2.24) is 15.2 Å². The van der Waals surface area contributed by atoms with E-state index in [9.17, 15) is 4.79 Å². The summed E-state index contributed by atoms with van der Waals surface area (Å²) < 4.78 is 0. The zero-order valence-electron chi connectivity index (χ0n) is 14.6. The molecular weight excluding hydrogens is 318 g/mol. The molecule has 128 valence electrons. The summed E-state index contributed by atoms with van der Waals surface area (Å²) >= 11 is 1.48. The van der Waals surface area contributed by atoms with Crippen molar-refractivity contribution in [3.05, 3.63) is 59.3 Å². The van der Waals surface area contributed by atoms with Gasteiger partial charge in [-0.1, -0.05) is 38.1 Å². The van der Waals surface area contributed by atoms with E-state index in [1.165, 1.54) is 17.3 Å². The van der Waals surface area contributed by atoms with E-state index in [0.29, 0.717) is 12.1 Å². The van der Waals surface area contributed by atoms with Crippen LogP contribution in [0.3, 0.4) is 0 Å². The van der Waals surface area contributed by atoms with E-state index < -0.39 is 0 Å². The van der Waals surface area contributed by atoms with Gasteiger partial charge in [0, 0.05) is 19.3 Å². The maximum Gasteiger partial charge on any atom is 0.254 e. The maximum absolute atomic E-state index is 12.3. The summed E-state index contributed by atoms with van der Waals surface area (Å²) in [6, 6.07) is 12.0. The van der Waals surface area contributed by atoms with Gasteiger partial charge in [-0.2, -0.15) is 0 Å². The lowest BCUT2D eigenvalue weighted by atomic mass is 10.1. The molecule has 0 aliphatic rings. The fraction of sp³-hybridized carbons (Fsp3) is 0.368. The molecule has 0 atom stereocenters. The molecule has 5 heteroatoms. The molecule has 1 heterocycles. The van der Waals surface area contributed by atoms with Crippen molar-refractivity contribution < 1.29 is 4.79 Å². The number of hydrogen-bond donors (Lipinski definition) is 1. The first kappa shape index (κ1) is 18.5. The van der Waals surface area contributed by atoms with Gasteiger partial charge in [0.2, 0.25) is 0 Å². The summed E-state index contributed by atoms with van der Waals surface area (Å²) in [6.07, 6.45) is 3.63. The third-order valence-electron chi connectivity index (χ3n) is 3.99. The number of aromatic nitrogens is 1. The third-order valence-corrected chi connectivity index (χ3v) is 4.70. The Kier molecular flexibility index (Phi) is 7.28. The summed E-state index contributed by atoms with van der Waals surface area (Å²) in [7, 11) is 0. The van der Waals surface area contributed by atoms with E-state index >= 15 is 0 Å². The molecule has 1 aromatic carbocycles. The monoisotopic (exact) mass is 343 g/mol. The van der Waals surface area contributed by atoms with Gasteiger partial charge in [-0.15, -0.1) is 11.8 Å². The van der Waals surface area contributed by atoms with Gasteiger partial charge in [0.05, 0.1) is 5.56 Å². The van der Waals surface area contributed by atoms with Crippen molar-refractivity contribution in [1.29, 1.82) is 0 Å². The Morgan fingerprint density at radius 2 is 1.79 bits per heavy atom. The minimum Gasteiger partial charge on any atom is -0.348 e. The topological polar surface area (TPSA) is 45.2 Å². The van der Waals surface area contributed by atoms with Gasteiger partial charge in [0.15, 0.2) is 0 Å². The lowest BCUT2D eigenvalue weighted by Gasteiger charge is -2.18. The van der Waals surface area contributed by atoms with Gasteiger partial charge in [0.25, 0.3) is 5.91 Å². The summed E-state index contributed by atoms with van der Waals surface area (Å²) in [5, 5.41) is 3.72. The van der Waals surface area contributed by atoms with Crippen LogP contribution in [-0.4, -0.2) is 35.1 Å². The molecule has 0 radical (unpaired) electrons. The number of nitrogens with zero attached hydrogens (tertiary/aromatic N) is 2. The maximum atomic E-state index is 12.3. The number of benzene rings is 1. The number of nitrogens with one attached hydrogen (secondary N) is 1. The molecule has 1 N–H and O–H groups in total. The molecule has 0 saturated heterocycles. The van der Waals surface area contributed by atoms with Crippen LogP contribution in [-0.2, 0) is 13.1 Å². The number of carbonyl (C=O) groups excluding carboxylic acids is 1. The van der Waals surface area contributed by atoms with Gasteiger partial charge in [-0.05, 0) is 42.6 Å². The quantitative estimate of drug-likeness (QED) is 0.744. The lowest BCUT2D eigenvalue weighted by Crippen LogP contribution is -2.24. The van der Waals surface area contributed by atoms with E-state index in [1.807, 2.05) is 6.26 Å². The Labute approximate surface area is 148 Å². The van der Waals surface area contributed by atoms with Gasteiger partial charge in [-0.25, -0.2) is 4.98 Å². The van der Waals surface area contributed by atoms with Crippen LogP contribution >= 0.6 is 11.8 Å². The van der Waals surface area contributed by atoms with Gasteiger partial charge < -0.3 is 5.32 Å². The standard InChI is InChI=1S/C19H25N3OS/c1-4-22(5-2)14-16-10-8-15(9-11-16)13-21-18(23)17-7-6-12-20-19(17)24-3/h6-12H,4-5,13-14H2,1-3H3,(H,21,23). The Balaban J connectivity index is 1.93. The Morgan fingerprint density at radius 3 is 2.42 bits per heavy atom. The van der Waals surface area contributed by atoms with Gasteiger partial charge in [0.1, 0.15) is 5.03 Å². The van der Waals surface area contributed by atoms with E-state index in [2.05, 4.69) is 53.3 Å². The highest BCUT2D eigenvalue weighted by atomic mass is 32.2. The first-order chi connectivity index (χ1) is 11.7. The van der Waals surface area contributed by atoms with Crippen LogP contribution in [0.5, 0.6) is 0 Å². The van der Waals surface area contributed by atoms with Gasteiger partial charge in [-0.3, -0.25) is 9.69 Å². The average Bonchev–Trinajstić information content (AvgIpc) is 2.65. The van der Waals surface area contributed by atoms with E-state index in [4.69, 9.17) is 0 Å². The first-order valence-corrected chi connectivity index (χ1v) is 9.47. The van der Waals surface area contributed by atoms with Crippen molar-refractivity contribution in [3.63, 3.8) is 0 Å². The fourth-order valence-electron chi connectivity index (χ4n) is 2.47. The zero-order chi connectivity index (χ0) is 17.4. The molecule has 24 heavy (non-hydrogen) atoms. The molecule has 0 aliphatic carbocycles. The number of thioether (sulfide) groups is 1. The largest absolute Gasteiger partial charge is 0.348 e. The van der Waals surface area contributed by atoms with Crippen LogP contribution in [0.15, 0.2) is 47.6 Å². The normalized spacial score (nSPS) is 10.8. The SMILES string of the molecule is CCN(CC)Cc1ccc(CNC(=O)c2cccnc2SC)cc1. The highest BCUT2D eigenvalue weighted by Gasteiger charge is 2.11. The molecule has 0 unspecified atom stereocenters. The molecule has 4 nitrogen and oxygen atoms in total. The molecule has 1 aromatic heterocycles. The van der Waals surface area contributed by atoms with E-state index in [1.54, 1.807) is 18.3 Å². The second-order valence-corrected chi connectivity index (χ2v) is 6.32. The molecule has 0 aliphatic heterocycles. The fourth-order valence-corrected chi connectivity index (χ4v) is 3.02.